The summed E-state index contributed by atoms with van der Waals surface area (Å²) in [4.78, 5) is 21.7. The van der Waals surface area contributed by atoms with Crippen LogP contribution in [0.4, 0.5) is 4.79 Å². The summed E-state index contributed by atoms with van der Waals surface area (Å²) in [5.41, 5.74) is 2.73. The van der Waals surface area contributed by atoms with Crippen LogP contribution in [0.2, 0.25) is 0 Å². The van der Waals surface area contributed by atoms with Crippen LogP contribution in [-0.4, -0.2) is 62.5 Å². The SMILES string of the molecule is COc1cccc(CN(C[C@@H]2CC(c3ccccc3OC)=NO2)C(=O)N(C)C)c1. The highest BCUT2D eigenvalue weighted by molar-refractivity contribution is 6.03. The molecule has 1 atom stereocenters. The monoisotopic (exact) mass is 397 g/mol. The van der Waals surface area contributed by atoms with Crippen LogP contribution in [-0.2, 0) is 11.4 Å². The number of hydrogen-bond donors (Lipinski definition) is 0. The number of urea groups is 1. The minimum absolute atomic E-state index is 0.0813. The molecule has 0 fully saturated rings. The van der Waals surface area contributed by atoms with Crippen LogP contribution in [0.15, 0.2) is 53.7 Å². The molecule has 0 saturated carbocycles. The summed E-state index contributed by atoms with van der Waals surface area (Å²) in [5.74, 6) is 1.52. The Labute approximate surface area is 171 Å². The van der Waals surface area contributed by atoms with Crippen molar-refractivity contribution in [2.24, 2.45) is 5.16 Å². The molecule has 1 heterocycles. The molecule has 0 spiro atoms. The predicted molar refractivity (Wildman–Crippen MR) is 112 cm³/mol. The van der Waals surface area contributed by atoms with Gasteiger partial charge in [0.1, 0.15) is 11.5 Å². The normalized spacial score (nSPS) is 15.3. The van der Waals surface area contributed by atoms with Crippen LogP contribution in [0.3, 0.4) is 0 Å². The molecule has 0 N–H and O–H groups in total. The van der Waals surface area contributed by atoms with Gasteiger partial charge in [-0.05, 0) is 29.8 Å². The van der Waals surface area contributed by atoms with Gasteiger partial charge in [-0.15, -0.1) is 0 Å². The van der Waals surface area contributed by atoms with E-state index in [9.17, 15) is 4.79 Å². The lowest BCUT2D eigenvalue weighted by Gasteiger charge is -2.28. The Morgan fingerprint density at radius 2 is 1.93 bits per heavy atom. The summed E-state index contributed by atoms with van der Waals surface area (Å²) in [6, 6.07) is 15.4. The van der Waals surface area contributed by atoms with E-state index < -0.39 is 0 Å². The molecule has 0 aromatic heterocycles. The third-order valence-electron chi connectivity index (χ3n) is 4.74. The minimum atomic E-state index is -0.218. The highest BCUT2D eigenvalue weighted by Crippen LogP contribution is 2.25. The maximum atomic E-state index is 12.7. The second kappa shape index (κ2) is 9.32. The number of methoxy groups -OCH3 is 2. The summed E-state index contributed by atoms with van der Waals surface area (Å²) >= 11 is 0. The Balaban J connectivity index is 1.71. The highest BCUT2D eigenvalue weighted by Gasteiger charge is 2.28. The van der Waals surface area contributed by atoms with Crippen LogP contribution in [0.1, 0.15) is 17.5 Å². The maximum Gasteiger partial charge on any atom is 0.319 e. The van der Waals surface area contributed by atoms with Gasteiger partial charge in [-0.2, -0.15) is 0 Å². The average Bonchev–Trinajstić information content (AvgIpc) is 3.21. The first kappa shape index (κ1) is 20.5. The standard InChI is InChI=1S/C22H27N3O4/c1-24(2)22(26)25(14-16-8-7-9-17(12-16)27-3)15-18-13-20(23-29-18)19-10-5-6-11-21(19)28-4/h5-12,18H,13-15H2,1-4H3/t18-/m0/s1. The third-order valence-corrected chi connectivity index (χ3v) is 4.74. The fraction of sp³-hybridized carbons (Fsp3) is 0.364. The molecule has 0 aliphatic carbocycles. The highest BCUT2D eigenvalue weighted by atomic mass is 16.6. The molecule has 2 amide bonds. The van der Waals surface area contributed by atoms with Crippen molar-refractivity contribution in [2.45, 2.75) is 19.1 Å². The fourth-order valence-electron chi connectivity index (χ4n) is 3.30. The molecule has 0 bridgehead atoms. The number of benzene rings is 2. The smallest absolute Gasteiger partial charge is 0.319 e. The second-order valence-corrected chi connectivity index (χ2v) is 7.08. The Morgan fingerprint density at radius 1 is 1.14 bits per heavy atom. The number of carbonyl (C=O) groups is 1. The number of nitrogens with zero attached hydrogens (tertiary/aromatic N) is 3. The van der Waals surface area contributed by atoms with Crippen LogP contribution < -0.4 is 9.47 Å². The minimum Gasteiger partial charge on any atom is -0.497 e. The molecule has 7 nitrogen and oxygen atoms in total. The second-order valence-electron chi connectivity index (χ2n) is 7.08. The lowest BCUT2D eigenvalue weighted by molar-refractivity contribution is 0.0550. The van der Waals surface area contributed by atoms with Gasteiger partial charge in [0.05, 0.1) is 26.5 Å². The Morgan fingerprint density at radius 3 is 2.66 bits per heavy atom. The van der Waals surface area contributed by atoms with Gasteiger partial charge >= 0.3 is 6.03 Å². The first-order chi connectivity index (χ1) is 14.0. The van der Waals surface area contributed by atoms with Crippen molar-refractivity contribution in [3.63, 3.8) is 0 Å². The van der Waals surface area contributed by atoms with Gasteiger partial charge in [0.15, 0.2) is 6.10 Å². The zero-order valence-electron chi connectivity index (χ0n) is 17.3. The third kappa shape index (κ3) is 4.99. The Kier molecular flexibility index (Phi) is 6.59. The predicted octanol–water partition coefficient (Wildman–Crippen LogP) is 3.38. The maximum absolute atomic E-state index is 12.7. The van der Waals surface area contributed by atoms with E-state index in [0.717, 1.165) is 28.3 Å². The first-order valence-electron chi connectivity index (χ1n) is 9.47. The van der Waals surface area contributed by atoms with Crippen molar-refractivity contribution in [3.8, 4) is 11.5 Å². The summed E-state index contributed by atoms with van der Waals surface area (Å²) in [5, 5.41) is 4.25. The molecule has 1 aliphatic heterocycles. The average molecular weight is 397 g/mol. The molecular formula is C22H27N3O4. The van der Waals surface area contributed by atoms with E-state index in [-0.39, 0.29) is 12.1 Å². The summed E-state index contributed by atoms with van der Waals surface area (Å²) in [6.45, 7) is 0.883. The van der Waals surface area contributed by atoms with Crippen LogP contribution in [0.25, 0.3) is 0 Å². The summed E-state index contributed by atoms with van der Waals surface area (Å²) < 4.78 is 10.7. The number of para-hydroxylation sites is 1. The van der Waals surface area contributed by atoms with Crippen molar-refractivity contribution in [1.82, 2.24) is 9.80 Å². The number of rotatable bonds is 7. The first-order valence-corrected chi connectivity index (χ1v) is 9.47. The van der Waals surface area contributed by atoms with E-state index in [1.54, 1.807) is 38.1 Å². The number of hydrogen-bond acceptors (Lipinski definition) is 5. The Hall–Kier alpha value is -3.22. The van der Waals surface area contributed by atoms with Crippen molar-refractivity contribution >= 4 is 11.7 Å². The molecule has 29 heavy (non-hydrogen) atoms. The molecule has 0 radical (unpaired) electrons. The van der Waals surface area contributed by atoms with E-state index in [4.69, 9.17) is 14.3 Å². The summed E-state index contributed by atoms with van der Waals surface area (Å²) in [6.07, 6.45) is 0.389. The van der Waals surface area contributed by atoms with Crippen molar-refractivity contribution in [1.29, 1.82) is 0 Å². The van der Waals surface area contributed by atoms with Crippen LogP contribution in [0, 0.1) is 0 Å². The van der Waals surface area contributed by atoms with E-state index in [1.807, 2.05) is 48.5 Å². The number of ether oxygens (including phenoxy) is 2. The molecule has 0 unspecified atom stereocenters. The van der Waals surface area contributed by atoms with Crippen LogP contribution >= 0.6 is 0 Å². The molecule has 0 saturated heterocycles. The lowest BCUT2D eigenvalue weighted by Crippen LogP contribution is -2.42. The lowest BCUT2D eigenvalue weighted by atomic mass is 10.0. The molecule has 3 rings (SSSR count). The van der Waals surface area contributed by atoms with Crippen molar-refractivity contribution < 1.29 is 19.1 Å². The van der Waals surface area contributed by atoms with Gasteiger partial charge in [0.25, 0.3) is 0 Å². The molecule has 1 aliphatic rings. The van der Waals surface area contributed by atoms with E-state index in [0.29, 0.717) is 19.5 Å². The molecule has 2 aromatic carbocycles. The van der Waals surface area contributed by atoms with E-state index in [1.165, 1.54) is 0 Å². The van der Waals surface area contributed by atoms with Crippen molar-refractivity contribution in [2.75, 3.05) is 34.9 Å². The van der Waals surface area contributed by atoms with Gasteiger partial charge in [0, 0.05) is 32.6 Å². The topological polar surface area (TPSA) is 63.6 Å². The quantitative estimate of drug-likeness (QED) is 0.719. The number of carbonyl (C=O) groups excluding carboxylic acids is 1. The molecule has 7 heteroatoms. The van der Waals surface area contributed by atoms with E-state index in [2.05, 4.69) is 5.16 Å². The molecule has 154 valence electrons. The summed E-state index contributed by atoms with van der Waals surface area (Å²) in [7, 11) is 6.75. The van der Waals surface area contributed by atoms with Gasteiger partial charge < -0.3 is 24.1 Å². The van der Waals surface area contributed by atoms with Crippen LogP contribution in [0.5, 0.6) is 11.5 Å². The van der Waals surface area contributed by atoms with Gasteiger partial charge in [0.2, 0.25) is 0 Å². The number of amides is 2. The van der Waals surface area contributed by atoms with E-state index >= 15 is 0 Å². The van der Waals surface area contributed by atoms with Gasteiger partial charge in [-0.3, -0.25) is 0 Å². The van der Waals surface area contributed by atoms with Gasteiger partial charge in [-0.1, -0.05) is 29.4 Å². The van der Waals surface area contributed by atoms with Crippen molar-refractivity contribution in [3.05, 3.63) is 59.7 Å². The zero-order valence-corrected chi connectivity index (χ0v) is 17.3. The number of oxime groups is 1. The largest absolute Gasteiger partial charge is 0.497 e. The molecular weight excluding hydrogens is 370 g/mol. The Bertz CT molecular complexity index is 882. The van der Waals surface area contributed by atoms with Gasteiger partial charge in [-0.25, -0.2) is 4.79 Å². The fourth-order valence-corrected chi connectivity index (χ4v) is 3.30. The molecule has 2 aromatic rings. The zero-order chi connectivity index (χ0) is 20.8.